The van der Waals surface area contributed by atoms with Crippen molar-refractivity contribution in [2.24, 2.45) is 0 Å². The van der Waals surface area contributed by atoms with Gasteiger partial charge in [0.05, 0.1) is 12.6 Å². The Morgan fingerprint density at radius 1 is 1.29 bits per heavy atom. The largest absolute Gasteiger partial charge is 0.494 e. The molecule has 1 aliphatic heterocycles. The number of aliphatic hydroxyl groups is 1. The van der Waals surface area contributed by atoms with Crippen LogP contribution < -0.4 is 4.74 Å². The van der Waals surface area contributed by atoms with Gasteiger partial charge in [-0.25, -0.2) is 4.39 Å². The van der Waals surface area contributed by atoms with Crippen LogP contribution in [0.2, 0.25) is 0 Å². The molecule has 4 heteroatoms. The van der Waals surface area contributed by atoms with E-state index in [0.717, 1.165) is 38.8 Å². The van der Waals surface area contributed by atoms with Crippen molar-refractivity contribution in [2.45, 2.75) is 51.2 Å². The van der Waals surface area contributed by atoms with E-state index in [9.17, 15) is 9.50 Å². The highest BCUT2D eigenvalue weighted by atomic mass is 19.1. The van der Waals surface area contributed by atoms with Crippen molar-refractivity contribution in [3.63, 3.8) is 0 Å². The fourth-order valence-electron chi connectivity index (χ4n) is 3.61. The first-order chi connectivity index (χ1) is 10.1. The van der Waals surface area contributed by atoms with Crippen molar-refractivity contribution in [3.8, 4) is 5.75 Å². The molecule has 1 heterocycles. The van der Waals surface area contributed by atoms with Gasteiger partial charge in [0.2, 0.25) is 0 Å². The molecule has 0 amide bonds. The lowest BCUT2D eigenvalue weighted by Gasteiger charge is -2.44. The fraction of sp³-hybridized carbons (Fsp3) is 0.647. The second kappa shape index (κ2) is 6.75. The number of rotatable bonds is 6. The summed E-state index contributed by atoms with van der Waals surface area (Å²) in [6, 6.07) is 4.99. The summed E-state index contributed by atoms with van der Waals surface area (Å²) in [6.07, 6.45) is 3.04. The van der Waals surface area contributed by atoms with Gasteiger partial charge < -0.3 is 9.84 Å². The SMILES string of the molecule is CCC(CC)(C(O)c1cccc(OC)c1F)N1CCCC1. The van der Waals surface area contributed by atoms with Crippen LogP contribution in [0.1, 0.15) is 51.2 Å². The summed E-state index contributed by atoms with van der Waals surface area (Å²) in [5.74, 6) is -0.257. The van der Waals surface area contributed by atoms with Crippen molar-refractivity contribution in [3.05, 3.63) is 29.6 Å². The van der Waals surface area contributed by atoms with Crippen molar-refractivity contribution in [1.29, 1.82) is 0 Å². The molecule has 1 aromatic rings. The summed E-state index contributed by atoms with van der Waals surface area (Å²) < 4.78 is 19.6. The molecule has 1 saturated heterocycles. The standard InChI is InChI=1S/C17H26FNO2/c1-4-17(5-2,19-11-6-7-12-19)16(20)13-9-8-10-14(21-3)15(13)18/h8-10,16,20H,4-7,11-12H2,1-3H3. The average Bonchev–Trinajstić information content (AvgIpc) is 3.04. The minimum absolute atomic E-state index is 0.189. The molecule has 3 nitrogen and oxygen atoms in total. The molecular weight excluding hydrogens is 269 g/mol. The van der Waals surface area contributed by atoms with Gasteiger partial charge in [-0.15, -0.1) is 0 Å². The van der Waals surface area contributed by atoms with Gasteiger partial charge in [-0.3, -0.25) is 4.90 Å². The average molecular weight is 295 g/mol. The number of methoxy groups -OCH3 is 1. The Morgan fingerprint density at radius 3 is 2.43 bits per heavy atom. The molecule has 1 aromatic carbocycles. The molecule has 118 valence electrons. The lowest BCUT2D eigenvalue weighted by molar-refractivity contribution is -0.0313. The Morgan fingerprint density at radius 2 is 1.90 bits per heavy atom. The summed E-state index contributed by atoms with van der Waals surface area (Å²) in [7, 11) is 1.45. The van der Waals surface area contributed by atoms with Gasteiger partial charge in [0.1, 0.15) is 6.10 Å². The quantitative estimate of drug-likeness (QED) is 0.871. The van der Waals surface area contributed by atoms with E-state index in [-0.39, 0.29) is 5.75 Å². The van der Waals surface area contributed by atoms with Crippen LogP contribution in [0, 0.1) is 5.82 Å². The molecular formula is C17H26FNO2. The molecule has 1 N–H and O–H groups in total. The van der Waals surface area contributed by atoms with Gasteiger partial charge in [-0.1, -0.05) is 26.0 Å². The zero-order chi connectivity index (χ0) is 15.5. The first kappa shape index (κ1) is 16.2. The zero-order valence-electron chi connectivity index (χ0n) is 13.2. The van der Waals surface area contributed by atoms with Crippen molar-refractivity contribution >= 4 is 0 Å². The number of ether oxygens (including phenoxy) is 1. The maximum atomic E-state index is 14.5. The maximum absolute atomic E-state index is 14.5. The van der Waals surface area contributed by atoms with Gasteiger partial charge in [0.25, 0.3) is 0 Å². The molecule has 0 aliphatic carbocycles. The van der Waals surface area contributed by atoms with E-state index in [1.54, 1.807) is 18.2 Å². The van der Waals surface area contributed by atoms with Gasteiger partial charge >= 0.3 is 0 Å². The van der Waals surface area contributed by atoms with Gasteiger partial charge in [0.15, 0.2) is 11.6 Å². The van der Waals surface area contributed by atoms with Gasteiger partial charge in [0, 0.05) is 5.56 Å². The Hall–Kier alpha value is -1.13. The molecule has 0 radical (unpaired) electrons. The second-order valence-electron chi connectivity index (χ2n) is 5.77. The number of likely N-dealkylation sites (tertiary alicyclic amines) is 1. The Bertz CT molecular complexity index is 468. The third kappa shape index (κ3) is 2.79. The van der Waals surface area contributed by atoms with E-state index < -0.39 is 17.5 Å². The van der Waals surface area contributed by atoms with Crippen LogP contribution in [-0.2, 0) is 0 Å². The van der Waals surface area contributed by atoms with Gasteiger partial charge in [-0.2, -0.15) is 0 Å². The molecule has 21 heavy (non-hydrogen) atoms. The summed E-state index contributed by atoms with van der Waals surface area (Å²) in [5, 5.41) is 11.0. The molecule has 0 spiro atoms. The molecule has 1 fully saturated rings. The Kier molecular flexibility index (Phi) is 5.22. The molecule has 1 unspecified atom stereocenters. The van der Waals surface area contributed by atoms with E-state index in [1.165, 1.54) is 7.11 Å². The van der Waals surface area contributed by atoms with E-state index in [1.807, 2.05) is 0 Å². The van der Waals surface area contributed by atoms with Crippen LogP contribution in [0.15, 0.2) is 18.2 Å². The maximum Gasteiger partial charge on any atom is 0.170 e. The van der Waals surface area contributed by atoms with Crippen LogP contribution in [0.25, 0.3) is 0 Å². The predicted molar refractivity (Wildman–Crippen MR) is 82.0 cm³/mol. The highest BCUT2D eigenvalue weighted by Crippen LogP contribution is 2.41. The molecule has 0 saturated carbocycles. The lowest BCUT2D eigenvalue weighted by atomic mass is 9.81. The highest BCUT2D eigenvalue weighted by Gasteiger charge is 2.43. The summed E-state index contributed by atoms with van der Waals surface area (Å²) in [5.41, 5.74) is -0.0612. The van der Waals surface area contributed by atoms with Crippen molar-refractivity contribution < 1.29 is 14.2 Å². The number of hydrogen-bond donors (Lipinski definition) is 1. The zero-order valence-corrected chi connectivity index (χ0v) is 13.2. The minimum Gasteiger partial charge on any atom is -0.494 e. The van der Waals surface area contributed by atoms with Crippen LogP contribution in [0.3, 0.4) is 0 Å². The third-order valence-corrected chi connectivity index (χ3v) is 4.98. The normalized spacial score (nSPS) is 18.0. The van der Waals surface area contributed by atoms with E-state index in [2.05, 4.69) is 18.7 Å². The smallest absolute Gasteiger partial charge is 0.170 e. The summed E-state index contributed by atoms with van der Waals surface area (Å²) in [6.45, 7) is 6.10. The summed E-state index contributed by atoms with van der Waals surface area (Å²) in [4.78, 5) is 2.33. The monoisotopic (exact) mass is 295 g/mol. The minimum atomic E-state index is -0.847. The topological polar surface area (TPSA) is 32.7 Å². The number of nitrogens with zero attached hydrogens (tertiary/aromatic N) is 1. The molecule has 2 rings (SSSR count). The number of benzene rings is 1. The Balaban J connectivity index is 2.41. The fourth-order valence-corrected chi connectivity index (χ4v) is 3.61. The number of aliphatic hydroxyl groups excluding tert-OH is 1. The predicted octanol–water partition coefficient (Wildman–Crippen LogP) is 3.52. The molecule has 1 aliphatic rings. The first-order valence-corrected chi connectivity index (χ1v) is 7.86. The second-order valence-corrected chi connectivity index (χ2v) is 5.77. The number of halogens is 1. The van der Waals surface area contributed by atoms with Crippen LogP contribution in [0.4, 0.5) is 4.39 Å². The molecule has 0 aromatic heterocycles. The molecule has 1 atom stereocenters. The van der Waals surface area contributed by atoms with Gasteiger partial charge in [-0.05, 0) is 44.8 Å². The van der Waals surface area contributed by atoms with E-state index in [0.29, 0.717) is 5.56 Å². The van der Waals surface area contributed by atoms with Crippen molar-refractivity contribution in [2.75, 3.05) is 20.2 Å². The van der Waals surface area contributed by atoms with Crippen molar-refractivity contribution in [1.82, 2.24) is 4.90 Å². The third-order valence-electron chi connectivity index (χ3n) is 4.98. The van der Waals surface area contributed by atoms with E-state index in [4.69, 9.17) is 4.74 Å². The van der Waals surface area contributed by atoms with Crippen LogP contribution >= 0.6 is 0 Å². The first-order valence-electron chi connectivity index (χ1n) is 7.86. The highest BCUT2D eigenvalue weighted by molar-refractivity contribution is 5.34. The van der Waals surface area contributed by atoms with E-state index >= 15 is 0 Å². The number of hydrogen-bond acceptors (Lipinski definition) is 3. The summed E-state index contributed by atoms with van der Waals surface area (Å²) >= 11 is 0. The molecule has 0 bridgehead atoms. The Labute approximate surface area is 126 Å². The van der Waals surface area contributed by atoms with Crippen LogP contribution in [-0.4, -0.2) is 35.7 Å². The lowest BCUT2D eigenvalue weighted by Crippen LogP contribution is -2.51. The van der Waals surface area contributed by atoms with Crippen LogP contribution in [0.5, 0.6) is 5.75 Å².